The van der Waals surface area contributed by atoms with Crippen molar-refractivity contribution in [1.82, 2.24) is 0 Å². The molecule has 1 heteroatoms. The van der Waals surface area contributed by atoms with E-state index in [1.54, 1.807) is 0 Å². The average molecular weight is 159 g/mol. The summed E-state index contributed by atoms with van der Waals surface area (Å²) >= 11 is 0. The van der Waals surface area contributed by atoms with E-state index in [0.717, 1.165) is 11.1 Å². The molecule has 0 saturated heterocycles. The standard InChI is InChI=1S/C11H11O/c1-3-5-10-7-11(6-4-2)9-12-8-10/h3-7H,1-2H3/q-1. The third-order valence-electron chi connectivity index (χ3n) is 1.34. The van der Waals surface area contributed by atoms with Crippen LogP contribution >= 0.6 is 0 Å². The molecule has 0 radical (unpaired) electrons. The predicted octanol–water partition coefficient (Wildman–Crippen LogP) is 3.23. The molecule has 0 spiro atoms. The fourth-order valence-corrected chi connectivity index (χ4v) is 0.893. The Kier molecular flexibility index (Phi) is 3.27. The van der Waals surface area contributed by atoms with E-state index in [-0.39, 0.29) is 0 Å². The highest BCUT2D eigenvalue weighted by Crippen LogP contribution is 2.07. The molecule has 0 fully saturated rings. The van der Waals surface area contributed by atoms with Crippen LogP contribution in [0.3, 0.4) is 0 Å². The monoisotopic (exact) mass is 159 g/mol. The lowest BCUT2D eigenvalue weighted by atomic mass is 10.2. The second-order valence-electron chi connectivity index (χ2n) is 2.36. The largest absolute Gasteiger partial charge is 0.401 e. The van der Waals surface area contributed by atoms with Crippen LogP contribution in [0.5, 0.6) is 0 Å². The van der Waals surface area contributed by atoms with E-state index < -0.39 is 0 Å². The normalized spacial score (nSPS) is 11.5. The van der Waals surface area contributed by atoms with E-state index in [0.29, 0.717) is 0 Å². The number of hydrogen-bond donors (Lipinski definition) is 0. The summed E-state index contributed by atoms with van der Waals surface area (Å²) < 4.78 is 4.89. The van der Waals surface area contributed by atoms with Crippen LogP contribution in [0.2, 0.25) is 0 Å². The van der Waals surface area contributed by atoms with Crippen molar-refractivity contribution < 1.29 is 4.42 Å². The fraction of sp³-hybridized carbons (Fsp3) is 0.182. The van der Waals surface area contributed by atoms with Crippen LogP contribution in [0.25, 0.3) is 12.2 Å². The second-order valence-corrected chi connectivity index (χ2v) is 2.36. The Hall–Kier alpha value is -1.37. The van der Waals surface area contributed by atoms with Gasteiger partial charge >= 0.3 is 0 Å². The highest BCUT2D eigenvalue weighted by atomic mass is 16.3. The lowest BCUT2D eigenvalue weighted by Gasteiger charge is -2.02. The van der Waals surface area contributed by atoms with Crippen molar-refractivity contribution in [2.24, 2.45) is 0 Å². The van der Waals surface area contributed by atoms with Crippen LogP contribution < -0.4 is 0 Å². The van der Waals surface area contributed by atoms with Gasteiger partial charge in [-0.05, 0) is 6.92 Å². The maximum atomic E-state index is 4.89. The van der Waals surface area contributed by atoms with Gasteiger partial charge in [0.15, 0.2) is 6.26 Å². The summed E-state index contributed by atoms with van der Waals surface area (Å²) in [7, 11) is 0. The molecule has 1 aromatic rings. The van der Waals surface area contributed by atoms with Crippen molar-refractivity contribution in [3.8, 4) is 0 Å². The van der Waals surface area contributed by atoms with Crippen molar-refractivity contribution in [3.63, 3.8) is 0 Å². The lowest BCUT2D eigenvalue weighted by Crippen LogP contribution is -1.75. The lowest BCUT2D eigenvalue weighted by molar-refractivity contribution is 0.528. The maximum Gasteiger partial charge on any atom is 0.205 e. The van der Waals surface area contributed by atoms with E-state index in [4.69, 9.17) is 4.42 Å². The molecule has 0 aliphatic heterocycles. The Morgan fingerprint density at radius 3 is 2.00 bits per heavy atom. The summed E-state index contributed by atoms with van der Waals surface area (Å²) in [5, 5.41) is 0. The van der Waals surface area contributed by atoms with Gasteiger partial charge in [0.2, 0.25) is 6.26 Å². The van der Waals surface area contributed by atoms with Crippen LogP contribution in [-0.4, -0.2) is 0 Å². The van der Waals surface area contributed by atoms with Gasteiger partial charge < -0.3 is 4.42 Å². The van der Waals surface area contributed by atoms with Gasteiger partial charge in [-0.15, -0.1) is 5.56 Å². The van der Waals surface area contributed by atoms with Gasteiger partial charge in [0, 0.05) is 0 Å². The summed E-state index contributed by atoms with van der Waals surface area (Å²) in [5.41, 5.74) is 1.87. The topological polar surface area (TPSA) is 11.3 Å². The van der Waals surface area contributed by atoms with Gasteiger partial charge in [-0.25, -0.2) is 12.1 Å². The minimum absolute atomic E-state index is 0.935. The molecule has 0 saturated carbocycles. The van der Waals surface area contributed by atoms with Crippen molar-refractivity contribution in [1.29, 1.82) is 0 Å². The smallest absolute Gasteiger partial charge is 0.205 e. The zero-order chi connectivity index (χ0) is 8.81. The van der Waals surface area contributed by atoms with Crippen molar-refractivity contribution >= 4 is 12.2 Å². The summed E-state index contributed by atoms with van der Waals surface area (Å²) in [6.45, 7) is 3.92. The molecule has 0 bridgehead atoms. The summed E-state index contributed by atoms with van der Waals surface area (Å²) in [5.74, 6) is 0. The molecule has 0 amide bonds. The zero-order valence-corrected chi connectivity index (χ0v) is 7.29. The molecule has 0 aliphatic rings. The van der Waals surface area contributed by atoms with Crippen LogP contribution in [0.15, 0.2) is 22.6 Å². The molecule has 0 aliphatic carbocycles. The fourth-order valence-electron chi connectivity index (χ4n) is 0.893. The Balaban J connectivity index is 2.95. The zero-order valence-electron chi connectivity index (χ0n) is 7.29. The van der Waals surface area contributed by atoms with Crippen LogP contribution in [0.4, 0.5) is 0 Å². The Labute approximate surface area is 73.0 Å². The molecule has 1 nitrogen and oxygen atoms in total. The molecule has 0 atom stereocenters. The molecule has 0 aromatic carbocycles. The molecule has 1 rings (SSSR count). The predicted molar refractivity (Wildman–Crippen MR) is 50.2 cm³/mol. The van der Waals surface area contributed by atoms with E-state index in [2.05, 4.69) is 12.5 Å². The molecule has 12 heavy (non-hydrogen) atoms. The van der Waals surface area contributed by atoms with Crippen LogP contribution in [-0.2, 0) is 0 Å². The quantitative estimate of drug-likeness (QED) is 0.476. The Morgan fingerprint density at radius 2 is 1.58 bits per heavy atom. The number of rotatable bonds is 2. The van der Waals surface area contributed by atoms with Crippen LogP contribution in [0, 0.1) is 12.5 Å². The highest BCUT2D eigenvalue weighted by Gasteiger charge is 1.82. The first-order chi connectivity index (χ1) is 5.86. The van der Waals surface area contributed by atoms with Gasteiger partial charge in [0.25, 0.3) is 0 Å². The van der Waals surface area contributed by atoms with Crippen molar-refractivity contribution in [2.45, 2.75) is 13.8 Å². The summed E-state index contributed by atoms with van der Waals surface area (Å²) in [6.07, 6.45) is 13.2. The van der Waals surface area contributed by atoms with E-state index >= 15 is 0 Å². The van der Waals surface area contributed by atoms with E-state index in [9.17, 15) is 0 Å². The summed E-state index contributed by atoms with van der Waals surface area (Å²) in [6, 6.07) is 1.96. The molecule has 1 heterocycles. The minimum Gasteiger partial charge on any atom is -0.401 e. The summed E-state index contributed by atoms with van der Waals surface area (Å²) in [4.78, 5) is 0. The second kappa shape index (κ2) is 4.50. The van der Waals surface area contributed by atoms with Gasteiger partial charge in [-0.1, -0.05) is 19.1 Å². The first kappa shape index (κ1) is 8.72. The molecule has 1 aromatic heterocycles. The first-order valence-corrected chi connectivity index (χ1v) is 3.88. The Morgan fingerprint density at radius 1 is 1.08 bits per heavy atom. The van der Waals surface area contributed by atoms with E-state index in [1.807, 2.05) is 44.2 Å². The van der Waals surface area contributed by atoms with E-state index in [1.165, 1.54) is 0 Å². The van der Waals surface area contributed by atoms with Crippen molar-refractivity contribution in [2.75, 3.05) is 0 Å². The molecular formula is C11H11O-. The third-order valence-corrected chi connectivity index (χ3v) is 1.34. The molecule has 0 N–H and O–H groups in total. The Bertz CT molecular complexity index is 270. The third kappa shape index (κ3) is 2.35. The van der Waals surface area contributed by atoms with Crippen LogP contribution in [0.1, 0.15) is 25.0 Å². The van der Waals surface area contributed by atoms with Gasteiger partial charge in [0.1, 0.15) is 0 Å². The maximum absolute atomic E-state index is 4.89. The minimum atomic E-state index is 0.935. The average Bonchev–Trinajstić information content (AvgIpc) is 2.06. The highest BCUT2D eigenvalue weighted by molar-refractivity contribution is 5.54. The molecular weight excluding hydrogens is 148 g/mol. The van der Waals surface area contributed by atoms with Gasteiger partial charge in [-0.2, -0.15) is 11.6 Å². The SMILES string of the molecule is CC=Cc1[c-][o+][c-]c(C=CC)c1. The number of allylic oxidation sites excluding steroid dienone is 2. The van der Waals surface area contributed by atoms with Gasteiger partial charge in [0.05, 0.1) is 0 Å². The van der Waals surface area contributed by atoms with Gasteiger partial charge in [-0.3, -0.25) is 0 Å². The van der Waals surface area contributed by atoms with Crippen molar-refractivity contribution in [3.05, 3.63) is 41.9 Å². The molecule has 0 unspecified atom stereocenters. The first-order valence-electron chi connectivity index (χ1n) is 3.88. The molecule has 62 valence electrons. The number of hydrogen-bond acceptors (Lipinski definition) is 0.